The van der Waals surface area contributed by atoms with E-state index in [2.05, 4.69) is 54.6 Å². The van der Waals surface area contributed by atoms with E-state index in [0.29, 0.717) is 11.7 Å². The molecule has 2 heteroatoms. The first-order valence-corrected chi connectivity index (χ1v) is 13.2. The molecule has 4 aliphatic rings. The first kappa shape index (κ1) is 21.6. The number of benzene rings is 2. The molecule has 174 valence electrons. The van der Waals surface area contributed by atoms with Crippen LogP contribution in [0.1, 0.15) is 81.4 Å². The Labute approximate surface area is 203 Å². The maximum atomic E-state index is 14.1. The minimum atomic E-state index is -0.483. The average Bonchev–Trinajstić information content (AvgIpc) is 3.19. The molecule has 1 heterocycles. The van der Waals surface area contributed by atoms with Crippen LogP contribution in [0.4, 0.5) is 0 Å². The third-order valence-corrected chi connectivity index (χ3v) is 8.51. The van der Waals surface area contributed by atoms with Gasteiger partial charge >= 0.3 is 0 Å². The Hall–Kier alpha value is -2.87. The Balaban J connectivity index is 1.41. The number of Topliss-reactive ketones (excluding diaryl/α,β-unsaturated/α-hetero) is 1. The van der Waals surface area contributed by atoms with Crippen molar-refractivity contribution >= 4 is 11.9 Å². The van der Waals surface area contributed by atoms with Gasteiger partial charge in [0.05, 0.1) is 5.41 Å². The van der Waals surface area contributed by atoms with Crippen LogP contribution in [0.15, 0.2) is 89.2 Å². The highest BCUT2D eigenvalue weighted by atomic mass is 16.5. The van der Waals surface area contributed by atoms with Crippen LogP contribution < -0.4 is 0 Å². The fraction of sp³-hybridized carbons (Fsp3) is 0.406. The highest BCUT2D eigenvalue weighted by Gasteiger charge is 2.56. The number of carbonyl (C=O) groups excluding carboxylic acids is 1. The van der Waals surface area contributed by atoms with Gasteiger partial charge in [0.2, 0.25) is 0 Å². The van der Waals surface area contributed by atoms with Gasteiger partial charge in [-0.1, -0.05) is 72.3 Å². The second kappa shape index (κ2) is 9.06. The molecule has 0 amide bonds. The van der Waals surface area contributed by atoms with Gasteiger partial charge in [-0.2, -0.15) is 0 Å². The normalized spacial score (nSPS) is 30.3. The maximum absolute atomic E-state index is 14.1. The molecule has 0 bridgehead atoms. The van der Waals surface area contributed by atoms with Gasteiger partial charge in [0.1, 0.15) is 11.9 Å². The van der Waals surface area contributed by atoms with E-state index in [-0.39, 0.29) is 6.10 Å². The molecule has 0 radical (unpaired) electrons. The number of hydrogen-bond donors (Lipinski definition) is 0. The SMILES string of the molecule is O=C1/C(=C/c2ccccc2)CC[C@]12CC1=C(O[C@H]2c2ccccc2)[C@H](C2=CCCCC2)CCC1. The Kier molecular flexibility index (Phi) is 5.77. The molecule has 3 atom stereocenters. The molecule has 0 aromatic heterocycles. The second-order valence-electron chi connectivity index (χ2n) is 10.6. The lowest BCUT2D eigenvalue weighted by Crippen LogP contribution is -2.40. The summed E-state index contributed by atoms with van der Waals surface area (Å²) in [6.45, 7) is 0. The fourth-order valence-electron chi connectivity index (χ4n) is 6.83. The number of allylic oxidation sites excluding steroid dienone is 4. The summed E-state index contributed by atoms with van der Waals surface area (Å²) in [5.74, 6) is 1.94. The summed E-state index contributed by atoms with van der Waals surface area (Å²) < 4.78 is 7.04. The Morgan fingerprint density at radius 3 is 2.44 bits per heavy atom. The highest BCUT2D eigenvalue weighted by Crippen LogP contribution is 2.59. The molecule has 2 nitrogen and oxygen atoms in total. The summed E-state index contributed by atoms with van der Waals surface area (Å²) in [6, 6.07) is 20.8. The second-order valence-corrected chi connectivity index (χ2v) is 10.6. The molecule has 2 aromatic carbocycles. The van der Waals surface area contributed by atoms with Crippen LogP contribution in [0.25, 0.3) is 6.08 Å². The summed E-state index contributed by atoms with van der Waals surface area (Å²) >= 11 is 0. The molecule has 6 rings (SSSR count). The summed E-state index contributed by atoms with van der Waals surface area (Å²) in [6.07, 6.45) is 15.4. The van der Waals surface area contributed by atoms with Gasteiger partial charge in [0, 0.05) is 5.92 Å². The third-order valence-electron chi connectivity index (χ3n) is 8.51. The van der Waals surface area contributed by atoms with E-state index in [4.69, 9.17) is 4.74 Å². The summed E-state index contributed by atoms with van der Waals surface area (Å²) in [7, 11) is 0. The van der Waals surface area contributed by atoms with E-state index < -0.39 is 5.41 Å². The van der Waals surface area contributed by atoms with Crippen LogP contribution in [0.5, 0.6) is 0 Å². The van der Waals surface area contributed by atoms with Gasteiger partial charge in [-0.25, -0.2) is 0 Å². The molecule has 1 fully saturated rings. The lowest BCUT2D eigenvalue weighted by atomic mass is 9.66. The van der Waals surface area contributed by atoms with E-state index >= 15 is 0 Å². The zero-order valence-electron chi connectivity index (χ0n) is 20.0. The molecule has 3 aliphatic carbocycles. The predicted molar refractivity (Wildman–Crippen MR) is 137 cm³/mol. The van der Waals surface area contributed by atoms with E-state index in [9.17, 15) is 4.79 Å². The van der Waals surface area contributed by atoms with Crippen molar-refractivity contribution in [3.63, 3.8) is 0 Å². The minimum Gasteiger partial charge on any atom is -0.488 e. The molecule has 0 saturated heterocycles. The Morgan fingerprint density at radius 2 is 1.68 bits per heavy atom. The fourth-order valence-corrected chi connectivity index (χ4v) is 6.83. The van der Waals surface area contributed by atoms with Crippen LogP contribution in [0, 0.1) is 11.3 Å². The van der Waals surface area contributed by atoms with Gasteiger partial charge in [-0.3, -0.25) is 4.79 Å². The van der Waals surface area contributed by atoms with Crippen LogP contribution >= 0.6 is 0 Å². The highest BCUT2D eigenvalue weighted by molar-refractivity contribution is 6.06. The van der Waals surface area contributed by atoms with Gasteiger partial charge in [-0.05, 0) is 92.6 Å². The molecule has 0 unspecified atom stereocenters. The lowest BCUT2D eigenvalue weighted by molar-refractivity contribution is -0.134. The monoisotopic (exact) mass is 450 g/mol. The zero-order valence-corrected chi connectivity index (χ0v) is 20.0. The van der Waals surface area contributed by atoms with Crippen molar-refractivity contribution in [3.8, 4) is 0 Å². The summed E-state index contributed by atoms with van der Waals surface area (Å²) in [5.41, 5.74) is 5.74. The average molecular weight is 451 g/mol. The standard InChI is InChI=1S/C32H34O2/c33-30-26(21-23-11-4-1-5-12-23)19-20-32(30)22-27-17-10-18-28(24-13-6-2-7-14-24)29(27)34-31(32)25-15-8-3-9-16-25/h1,3-5,8-9,11-13,15-16,21,28,31H,2,6-7,10,14,17-20,22H2/b26-21+/t28-,31-,32-/m0/s1. The van der Waals surface area contributed by atoms with Crippen LogP contribution in [0.2, 0.25) is 0 Å². The Morgan fingerprint density at radius 1 is 0.882 bits per heavy atom. The van der Waals surface area contributed by atoms with Gasteiger partial charge in [0.25, 0.3) is 0 Å². The Bertz CT molecular complexity index is 1150. The van der Waals surface area contributed by atoms with E-state index in [1.165, 1.54) is 49.9 Å². The van der Waals surface area contributed by atoms with Crippen molar-refractivity contribution in [2.45, 2.75) is 70.3 Å². The summed E-state index contributed by atoms with van der Waals surface area (Å²) in [4.78, 5) is 14.1. The first-order valence-electron chi connectivity index (χ1n) is 13.2. The third kappa shape index (κ3) is 3.78. The smallest absolute Gasteiger partial charge is 0.169 e. The van der Waals surface area contributed by atoms with Crippen molar-refractivity contribution < 1.29 is 9.53 Å². The van der Waals surface area contributed by atoms with Crippen molar-refractivity contribution in [2.75, 3.05) is 0 Å². The van der Waals surface area contributed by atoms with Gasteiger partial charge in [-0.15, -0.1) is 0 Å². The zero-order chi connectivity index (χ0) is 23.0. The van der Waals surface area contributed by atoms with Crippen LogP contribution in [-0.4, -0.2) is 5.78 Å². The predicted octanol–water partition coefficient (Wildman–Crippen LogP) is 8.14. The first-order chi connectivity index (χ1) is 16.7. The number of ether oxygens (including phenoxy) is 1. The largest absolute Gasteiger partial charge is 0.488 e. The van der Waals surface area contributed by atoms with Crippen molar-refractivity contribution in [2.24, 2.45) is 11.3 Å². The molecular formula is C32H34O2. The molecule has 34 heavy (non-hydrogen) atoms. The van der Waals surface area contributed by atoms with Crippen LogP contribution in [-0.2, 0) is 9.53 Å². The van der Waals surface area contributed by atoms with Crippen molar-refractivity contribution in [1.82, 2.24) is 0 Å². The summed E-state index contributed by atoms with van der Waals surface area (Å²) in [5, 5.41) is 0. The quantitative estimate of drug-likeness (QED) is 0.348. The maximum Gasteiger partial charge on any atom is 0.169 e. The topological polar surface area (TPSA) is 26.3 Å². The number of hydrogen-bond acceptors (Lipinski definition) is 2. The number of rotatable bonds is 3. The van der Waals surface area contributed by atoms with E-state index in [0.717, 1.165) is 42.4 Å². The minimum absolute atomic E-state index is 0.202. The van der Waals surface area contributed by atoms with Gasteiger partial charge < -0.3 is 4.74 Å². The van der Waals surface area contributed by atoms with E-state index in [1.807, 2.05) is 18.2 Å². The molecule has 0 N–H and O–H groups in total. The van der Waals surface area contributed by atoms with Gasteiger partial charge in [0.15, 0.2) is 5.78 Å². The lowest BCUT2D eigenvalue weighted by Gasteiger charge is -2.46. The van der Waals surface area contributed by atoms with Crippen molar-refractivity contribution in [3.05, 3.63) is 100 Å². The molecule has 1 saturated carbocycles. The molecule has 2 aromatic rings. The number of ketones is 1. The van der Waals surface area contributed by atoms with Crippen molar-refractivity contribution in [1.29, 1.82) is 0 Å². The van der Waals surface area contributed by atoms with E-state index in [1.54, 1.807) is 5.57 Å². The molecular weight excluding hydrogens is 416 g/mol. The molecule has 1 aliphatic heterocycles. The molecule has 1 spiro atoms. The number of carbonyl (C=O) groups is 1. The van der Waals surface area contributed by atoms with Crippen LogP contribution in [0.3, 0.4) is 0 Å².